The van der Waals surface area contributed by atoms with Gasteiger partial charge in [0.05, 0.1) is 17.6 Å². The lowest BCUT2D eigenvalue weighted by Gasteiger charge is -2.38. The van der Waals surface area contributed by atoms with Crippen LogP contribution in [0.4, 0.5) is 4.79 Å². The zero-order chi connectivity index (χ0) is 23.1. The van der Waals surface area contributed by atoms with Crippen LogP contribution in [0.5, 0.6) is 0 Å². The van der Waals surface area contributed by atoms with Gasteiger partial charge in [-0.05, 0) is 50.6 Å². The second-order valence-corrected chi connectivity index (χ2v) is 10.0. The smallest absolute Gasteiger partial charge is 0.414 e. The van der Waals surface area contributed by atoms with Crippen LogP contribution in [0.25, 0.3) is 10.4 Å². The Hall–Kier alpha value is -3.22. The Morgan fingerprint density at radius 3 is 2.88 bits per heavy atom. The first-order chi connectivity index (χ1) is 15.1. The first-order valence-electron chi connectivity index (χ1n) is 10.3. The summed E-state index contributed by atoms with van der Waals surface area (Å²) in [6, 6.07) is 13.5. The van der Waals surface area contributed by atoms with E-state index in [-0.39, 0.29) is 17.8 Å². The summed E-state index contributed by atoms with van der Waals surface area (Å²) >= 11 is 1.54. The number of guanidine groups is 1. The van der Waals surface area contributed by atoms with Crippen LogP contribution in [0.1, 0.15) is 31.2 Å². The van der Waals surface area contributed by atoms with Crippen molar-refractivity contribution < 1.29 is 14.3 Å². The van der Waals surface area contributed by atoms with E-state index >= 15 is 0 Å². The second-order valence-electron chi connectivity index (χ2n) is 8.92. The number of carbonyl (C=O) groups is 2. The third-order valence-electron chi connectivity index (χ3n) is 5.49. The van der Waals surface area contributed by atoms with Crippen LogP contribution < -0.4 is 10.6 Å². The Morgan fingerprint density at radius 2 is 2.16 bits per heavy atom. The van der Waals surface area contributed by atoms with Crippen molar-refractivity contribution in [2.45, 2.75) is 31.9 Å². The van der Waals surface area contributed by atoms with E-state index < -0.39 is 17.2 Å². The topological polar surface area (TPSA) is 107 Å². The van der Waals surface area contributed by atoms with Gasteiger partial charge in [0.2, 0.25) is 11.9 Å². The van der Waals surface area contributed by atoms with Crippen molar-refractivity contribution in [3.63, 3.8) is 0 Å². The fourth-order valence-corrected chi connectivity index (χ4v) is 5.19. The molecular formula is C23H25N5O3S. The summed E-state index contributed by atoms with van der Waals surface area (Å²) in [5.41, 5.74) is 0.0448. The molecule has 1 fully saturated rings. The number of nitriles is 1. The molecule has 2 N–H and O–H groups in total. The van der Waals surface area contributed by atoms with Gasteiger partial charge in [-0.1, -0.05) is 12.1 Å². The van der Waals surface area contributed by atoms with Crippen LogP contribution in [0, 0.1) is 17.2 Å². The molecule has 1 saturated heterocycles. The van der Waals surface area contributed by atoms with Gasteiger partial charge in [-0.2, -0.15) is 5.26 Å². The minimum absolute atomic E-state index is 0.113. The van der Waals surface area contributed by atoms with Gasteiger partial charge in [0.15, 0.2) is 0 Å². The molecule has 2 amide bonds. The van der Waals surface area contributed by atoms with Crippen LogP contribution in [-0.2, 0) is 15.1 Å². The van der Waals surface area contributed by atoms with Crippen molar-refractivity contribution in [2.75, 3.05) is 20.1 Å². The molecule has 8 nitrogen and oxygen atoms in total. The van der Waals surface area contributed by atoms with E-state index in [1.807, 2.05) is 30.3 Å². The van der Waals surface area contributed by atoms with Crippen molar-refractivity contribution in [3.05, 3.63) is 46.8 Å². The molecule has 166 valence electrons. The second kappa shape index (κ2) is 8.04. The molecule has 0 saturated carbocycles. The normalized spacial score (nSPS) is 22.7. The minimum Gasteiger partial charge on any atom is -0.444 e. The van der Waals surface area contributed by atoms with E-state index in [0.29, 0.717) is 18.7 Å². The summed E-state index contributed by atoms with van der Waals surface area (Å²) in [5.74, 6) is -0.322. The van der Waals surface area contributed by atoms with E-state index in [1.165, 1.54) is 4.90 Å². The van der Waals surface area contributed by atoms with Crippen molar-refractivity contribution >= 4 is 29.3 Å². The number of rotatable bonds is 2. The number of alkyl carbamates (subject to hydrolysis) is 1. The average molecular weight is 452 g/mol. The van der Waals surface area contributed by atoms with Crippen molar-refractivity contribution in [1.82, 2.24) is 15.5 Å². The van der Waals surface area contributed by atoms with E-state index in [1.54, 1.807) is 45.2 Å². The fourth-order valence-electron chi connectivity index (χ4n) is 4.00. The highest BCUT2D eigenvalue weighted by molar-refractivity contribution is 7.15. The quantitative estimate of drug-likeness (QED) is 0.730. The zero-order valence-corrected chi connectivity index (χ0v) is 19.2. The number of fused-ring (bicyclic) bond motifs is 1. The van der Waals surface area contributed by atoms with Crippen LogP contribution in [0.15, 0.2) is 41.4 Å². The average Bonchev–Trinajstić information content (AvgIpc) is 3.39. The van der Waals surface area contributed by atoms with Gasteiger partial charge < -0.3 is 10.1 Å². The van der Waals surface area contributed by atoms with Gasteiger partial charge in [-0.25, -0.2) is 9.79 Å². The molecule has 3 heterocycles. The molecule has 0 radical (unpaired) electrons. The van der Waals surface area contributed by atoms with Gasteiger partial charge in [0.25, 0.3) is 0 Å². The first-order valence-corrected chi connectivity index (χ1v) is 11.1. The van der Waals surface area contributed by atoms with Gasteiger partial charge in [0, 0.05) is 29.9 Å². The van der Waals surface area contributed by atoms with Gasteiger partial charge in [-0.15, -0.1) is 11.3 Å². The largest absolute Gasteiger partial charge is 0.444 e. The number of nitrogens with one attached hydrogen (secondary N) is 2. The highest BCUT2D eigenvalue weighted by atomic mass is 32.1. The number of nitrogens with zero attached hydrogens (tertiary/aromatic N) is 3. The summed E-state index contributed by atoms with van der Waals surface area (Å²) < 4.78 is 5.35. The number of hydrogen-bond donors (Lipinski definition) is 2. The number of ether oxygens (including phenoxy) is 1. The molecule has 2 aromatic rings. The number of aliphatic imine (C=N–C) groups is 1. The van der Waals surface area contributed by atoms with Crippen LogP contribution >= 0.6 is 11.3 Å². The highest BCUT2D eigenvalue weighted by Gasteiger charge is 2.54. The predicted molar refractivity (Wildman–Crippen MR) is 122 cm³/mol. The number of benzene rings is 1. The monoisotopic (exact) mass is 451 g/mol. The van der Waals surface area contributed by atoms with E-state index in [0.717, 1.165) is 15.3 Å². The van der Waals surface area contributed by atoms with Crippen LogP contribution in [0.3, 0.4) is 0 Å². The molecular weight excluding hydrogens is 426 g/mol. The van der Waals surface area contributed by atoms with Crippen molar-refractivity contribution in [1.29, 1.82) is 5.26 Å². The van der Waals surface area contributed by atoms with Crippen molar-refractivity contribution in [2.24, 2.45) is 10.9 Å². The third-order valence-corrected chi connectivity index (χ3v) is 6.79. The molecule has 2 aliphatic rings. The van der Waals surface area contributed by atoms with Crippen molar-refractivity contribution in [3.8, 4) is 16.5 Å². The summed E-state index contributed by atoms with van der Waals surface area (Å²) in [6.45, 7) is 6.31. The number of carbonyl (C=O) groups excluding carboxylic acids is 2. The first kappa shape index (κ1) is 22.0. The number of thiophene rings is 1. The van der Waals surface area contributed by atoms with E-state index in [2.05, 4.69) is 16.7 Å². The summed E-state index contributed by atoms with van der Waals surface area (Å²) in [5, 5.41) is 15.2. The Kier molecular flexibility index (Phi) is 5.53. The summed E-state index contributed by atoms with van der Waals surface area (Å²) in [7, 11) is 1.61. The lowest BCUT2D eigenvalue weighted by atomic mass is 9.84. The summed E-state index contributed by atoms with van der Waals surface area (Å²) in [6.07, 6.45) is -0.657. The molecule has 4 rings (SSSR count). The predicted octanol–water partition coefficient (Wildman–Crippen LogP) is 3.05. The maximum Gasteiger partial charge on any atom is 0.414 e. The lowest BCUT2D eigenvalue weighted by molar-refractivity contribution is -0.132. The molecule has 32 heavy (non-hydrogen) atoms. The Morgan fingerprint density at radius 1 is 1.38 bits per heavy atom. The number of hydrogen-bond acceptors (Lipinski definition) is 7. The SMILES string of the molecule is CN1C(=O)C2CNC[C@]2(c2ccc(-c3cccc(C#N)c3)s2)N=C1NC(=O)OC(C)(C)C. The Labute approximate surface area is 190 Å². The van der Waals surface area contributed by atoms with E-state index in [9.17, 15) is 14.9 Å². The molecule has 0 bridgehead atoms. The molecule has 1 unspecified atom stereocenters. The van der Waals surface area contributed by atoms with Crippen LogP contribution in [-0.4, -0.2) is 48.6 Å². The lowest BCUT2D eigenvalue weighted by Crippen LogP contribution is -2.56. The highest BCUT2D eigenvalue weighted by Crippen LogP contribution is 2.45. The Balaban J connectivity index is 1.72. The zero-order valence-electron chi connectivity index (χ0n) is 18.4. The molecule has 0 spiro atoms. The fraction of sp³-hybridized carbons (Fsp3) is 0.391. The molecule has 2 aliphatic heterocycles. The Bertz CT molecular complexity index is 1140. The molecule has 2 atom stereocenters. The molecule has 0 aliphatic carbocycles. The maximum atomic E-state index is 13.2. The van der Waals surface area contributed by atoms with Crippen LogP contribution in [0.2, 0.25) is 0 Å². The maximum absolute atomic E-state index is 13.2. The minimum atomic E-state index is -0.816. The standard InChI is InChI=1S/C23H25N5O3S/c1-22(2,3)31-21(30)26-20-27-23(13-25-12-16(23)19(29)28(20)4)18-9-8-17(32-18)15-7-5-6-14(10-15)11-24/h5-10,16,25H,12-13H2,1-4H3,(H,26,27,30)/t16?,23-/m0/s1. The van der Waals surface area contributed by atoms with Gasteiger partial charge >= 0.3 is 6.09 Å². The van der Waals surface area contributed by atoms with Gasteiger partial charge in [0.1, 0.15) is 11.1 Å². The summed E-state index contributed by atoms with van der Waals surface area (Å²) in [4.78, 5) is 33.8. The van der Waals surface area contributed by atoms with E-state index in [4.69, 9.17) is 9.73 Å². The molecule has 1 aromatic heterocycles. The third kappa shape index (κ3) is 3.99. The number of amides is 2. The molecule has 1 aromatic carbocycles. The molecule has 9 heteroatoms. The van der Waals surface area contributed by atoms with Gasteiger partial charge in [-0.3, -0.25) is 15.0 Å².